The van der Waals surface area contributed by atoms with Gasteiger partial charge in [0, 0.05) is 6.54 Å². The minimum Gasteiger partial charge on any atom is -0.352 e. The molecule has 0 unspecified atom stereocenters. The van der Waals surface area contributed by atoms with Gasteiger partial charge in [0.2, 0.25) is 5.91 Å². The van der Waals surface area contributed by atoms with Crippen molar-refractivity contribution in [3.63, 3.8) is 0 Å². The van der Waals surface area contributed by atoms with E-state index in [-0.39, 0.29) is 18.1 Å². The molecule has 0 aliphatic carbocycles. The molecule has 0 fully saturated rings. The predicted molar refractivity (Wildman–Crippen MR) is 78.0 cm³/mol. The number of carbonyl (C=O) groups is 1. The Kier molecular flexibility index (Phi) is 3.64. The Hall–Kier alpha value is -2.69. The Bertz CT molecular complexity index is 765. The molecule has 1 amide bonds. The fraction of sp³-hybridized carbons (Fsp3) is 0.125. The summed E-state index contributed by atoms with van der Waals surface area (Å²) in [5.74, 6) is -0.390. The van der Waals surface area contributed by atoms with Crippen LogP contribution in [0.25, 0.3) is 11.0 Å². The summed E-state index contributed by atoms with van der Waals surface area (Å²) in [6.45, 7) is 0.453. The van der Waals surface area contributed by atoms with Gasteiger partial charge in [-0.2, -0.15) is 0 Å². The number of carbonyl (C=O) groups excluding carboxylic acids is 1. The Labute approximate surface area is 121 Å². The quantitative estimate of drug-likeness (QED) is 0.773. The average molecular weight is 283 g/mol. The molecule has 21 heavy (non-hydrogen) atoms. The number of rotatable bonds is 4. The summed E-state index contributed by atoms with van der Waals surface area (Å²) in [5.41, 5.74) is 3.63. The lowest BCUT2D eigenvalue weighted by Gasteiger charge is -2.06. The highest BCUT2D eigenvalue weighted by Crippen LogP contribution is 2.11. The second-order valence-corrected chi connectivity index (χ2v) is 4.83. The maximum atomic E-state index is 12.8. The first-order valence-corrected chi connectivity index (χ1v) is 6.64. The molecule has 3 aromatic rings. The Morgan fingerprint density at radius 3 is 2.71 bits per heavy atom. The molecule has 106 valence electrons. The van der Waals surface area contributed by atoms with Crippen molar-refractivity contribution < 1.29 is 9.18 Å². The fourth-order valence-corrected chi connectivity index (χ4v) is 2.14. The Balaban J connectivity index is 1.58. The molecule has 2 aromatic carbocycles. The lowest BCUT2D eigenvalue weighted by Crippen LogP contribution is -2.24. The molecule has 5 heteroatoms. The van der Waals surface area contributed by atoms with Crippen molar-refractivity contribution in [1.82, 2.24) is 15.3 Å². The van der Waals surface area contributed by atoms with E-state index >= 15 is 0 Å². The van der Waals surface area contributed by atoms with Gasteiger partial charge in [0.25, 0.3) is 0 Å². The minimum absolute atomic E-state index is 0.0914. The van der Waals surface area contributed by atoms with E-state index in [2.05, 4.69) is 15.3 Å². The van der Waals surface area contributed by atoms with Gasteiger partial charge in [0.1, 0.15) is 5.82 Å². The summed E-state index contributed by atoms with van der Waals surface area (Å²) in [6, 6.07) is 11.7. The lowest BCUT2D eigenvalue weighted by atomic mass is 10.1. The number of aromatic nitrogens is 2. The molecule has 0 saturated carbocycles. The standard InChI is InChI=1S/C16H14FN3O/c17-13-4-1-11(2-5-13)8-16(21)18-9-12-3-6-14-15(7-12)20-10-19-14/h1-7,10H,8-9H2,(H,18,21)(H,19,20). The molecular formula is C16H14FN3O. The zero-order valence-corrected chi connectivity index (χ0v) is 11.3. The first-order chi connectivity index (χ1) is 10.2. The number of aromatic amines is 1. The van der Waals surface area contributed by atoms with Crippen LogP contribution in [0.4, 0.5) is 4.39 Å². The van der Waals surface area contributed by atoms with Crippen molar-refractivity contribution in [3.8, 4) is 0 Å². The Morgan fingerprint density at radius 2 is 1.90 bits per heavy atom. The lowest BCUT2D eigenvalue weighted by molar-refractivity contribution is -0.120. The third-order valence-corrected chi connectivity index (χ3v) is 3.25. The molecule has 2 N–H and O–H groups in total. The molecule has 1 aromatic heterocycles. The largest absolute Gasteiger partial charge is 0.352 e. The summed E-state index contributed by atoms with van der Waals surface area (Å²) < 4.78 is 12.8. The molecule has 0 radical (unpaired) electrons. The number of benzene rings is 2. The molecule has 3 rings (SSSR count). The minimum atomic E-state index is -0.299. The second-order valence-electron chi connectivity index (χ2n) is 4.83. The van der Waals surface area contributed by atoms with Crippen LogP contribution in [0.2, 0.25) is 0 Å². The molecule has 1 heterocycles. The fourth-order valence-electron chi connectivity index (χ4n) is 2.14. The maximum absolute atomic E-state index is 12.8. The van der Waals surface area contributed by atoms with Gasteiger partial charge >= 0.3 is 0 Å². The first kappa shape index (κ1) is 13.3. The van der Waals surface area contributed by atoms with Crippen LogP contribution in [0.3, 0.4) is 0 Å². The number of H-pyrrole nitrogens is 1. The van der Waals surface area contributed by atoms with Crippen LogP contribution in [0.5, 0.6) is 0 Å². The number of amides is 1. The number of fused-ring (bicyclic) bond motifs is 1. The topological polar surface area (TPSA) is 57.8 Å². The van der Waals surface area contributed by atoms with Crippen LogP contribution in [0.1, 0.15) is 11.1 Å². The highest BCUT2D eigenvalue weighted by molar-refractivity contribution is 5.79. The van der Waals surface area contributed by atoms with E-state index in [0.29, 0.717) is 6.54 Å². The van der Waals surface area contributed by atoms with Gasteiger partial charge in [0.05, 0.1) is 23.8 Å². The number of nitrogens with one attached hydrogen (secondary N) is 2. The van der Waals surface area contributed by atoms with Crippen LogP contribution in [0, 0.1) is 5.82 Å². The zero-order valence-electron chi connectivity index (χ0n) is 11.3. The number of hydrogen-bond donors (Lipinski definition) is 2. The number of hydrogen-bond acceptors (Lipinski definition) is 2. The molecule has 0 aliphatic rings. The highest BCUT2D eigenvalue weighted by atomic mass is 19.1. The van der Waals surface area contributed by atoms with Gasteiger partial charge in [-0.15, -0.1) is 0 Å². The predicted octanol–water partition coefficient (Wildman–Crippen LogP) is 2.56. The average Bonchev–Trinajstić information content (AvgIpc) is 2.95. The van der Waals surface area contributed by atoms with E-state index in [1.54, 1.807) is 18.5 Å². The van der Waals surface area contributed by atoms with Gasteiger partial charge < -0.3 is 10.3 Å². The van der Waals surface area contributed by atoms with Gasteiger partial charge in [-0.3, -0.25) is 4.79 Å². The summed E-state index contributed by atoms with van der Waals surface area (Å²) in [7, 11) is 0. The van der Waals surface area contributed by atoms with Crippen molar-refractivity contribution in [1.29, 1.82) is 0 Å². The SMILES string of the molecule is O=C(Cc1ccc(F)cc1)NCc1ccc2nc[nH]c2c1. The summed E-state index contributed by atoms with van der Waals surface area (Å²) in [6.07, 6.45) is 1.88. The van der Waals surface area contributed by atoms with Crippen molar-refractivity contribution in [2.45, 2.75) is 13.0 Å². The van der Waals surface area contributed by atoms with Crippen LogP contribution >= 0.6 is 0 Å². The van der Waals surface area contributed by atoms with Gasteiger partial charge in [0.15, 0.2) is 0 Å². The smallest absolute Gasteiger partial charge is 0.224 e. The van der Waals surface area contributed by atoms with Gasteiger partial charge in [-0.05, 0) is 35.4 Å². The van der Waals surface area contributed by atoms with Gasteiger partial charge in [-0.1, -0.05) is 18.2 Å². The van der Waals surface area contributed by atoms with E-state index in [1.807, 2.05) is 18.2 Å². The third-order valence-electron chi connectivity index (χ3n) is 3.25. The molecule has 0 atom stereocenters. The maximum Gasteiger partial charge on any atom is 0.224 e. The summed E-state index contributed by atoms with van der Waals surface area (Å²) in [4.78, 5) is 19.0. The van der Waals surface area contributed by atoms with E-state index < -0.39 is 0 Å². The second kappa shape index (κ2) is 5.75. The summed E-state index contributed by atoms with van der Waals surface area (Å²) in [5, 5.41) is 2.85. The van der Waals surface area contributed by atoms with E-state index in [0.717, 1.165) is 22.2 Å². The third kappa shape index (κ3) is 3.25. The van der Waals surface area contributed by atoms with Crippen LogP contribution in [-0.2, 0) is 17.8 Å². The van der Waals surface area contributed by atoms with Crippen LogP contribution in [-0.4, -0.2) is 15.9 Å². The summed E-state index contributed by atoms with van der Waals surface area (Å²) >= 11 is 0. The molecule has 4 nitrogen and oxygen atoms in total. The monoisotopic (exact) mass is 283 g/mol. The molecule has 0 bridgehead atoms. The number of nitrogens with zero attached hydrogens (tertiary/aromatic N) is 1. The van der Waals surface area contributed by atoms with E-state index in [4.69, 9.17) is 0 Å². The van der Waals surface area contributed by atoms with Gasteiger partial charge in [-0.25, -0.2) is 9.37 Å². The number of imidazole rings is 1. The molecule has 0 aliphatic heterocycles. The molecule has 0 spiro atoms. The molecule has 0 saturated heterocycles. The normalized spacial score (nSPS) is 10.7. The van der Waals surface area contributed by atoms with E-state index in [9.17, 15) is 9.18 Å². The first-order valence-electron chi connectivity index (χ1n) is 6.64. The van der Waals surface area contributed by atoms with Crippen LogP contribution in [0.15, 0.2) is 48.8 Å². The van der Waals surface area contributed by atoms with Crippen molar-refractivity contribution >= 4 is 16.9 Å². The van der Waals surface area contributed by atoms with Crippen LogP contribution < -0.4 is 5.32 Å². The van der Waals surface area contributed by atoms with Crippen molar-refractivity contribution in [3.05, 3.63) is 65.7 Å². The number of halogens is 1. The Morgan fingerprint density at radius 1 is 1.14 bits per heavy atom. The van der Waals surface area contributed by atoms with Crippen molar-refractivity contribution in [2.24, 2.45) is 0 Å². The highest BCUT2D eigenvalue weighted by Gasteiger charge is 2.04. The molecular weight excluding hydrogens is 269 g/mol. The van der Waals surface area contributed by atoms with Crippen molar-refractivity contribution in [2.75, 3.05) is 0 Å². The van der Waals surface area contributed by atoms with E-state index in [1.165, 1.54) is 12.1 Å². The zero-order chi connectivity index (χ0) is 14.7.